The molecule has 1 unspecified atom stereocenters. The molecule has 0 fully saturated rings. The van der Waals surface area contributed by atoms with E-state index in [9.17, 15) is 22.8 Å². The zero-order chi connectivity index (χ0) is 22.5. The molecule has 1 aliphatic carbocycles. The summed E-state index contributed by atoms with van der Waals surface area (Å²) in [4.78, 5) is 27.8. The van der Waals surface area contributed by atoms with Crippen molar-refractivity contribution in [1.82, 2.24) is 0 Å². The van der Waals surface area contributed by atoms with Gasteiger partial charge in [0, 0.05) is 35.7 Å². The molecule has 1 aliphatic heterocycles. The van der Waals surface area contributed by atoms with Gasteiger partial charge in [-0.3, -0.25) is 14.5 Å². The van der Waals surface area contributed by atoms with Crippen molar-refractivity contribution in [3.05, 3.63) is 89.1 Å². The number of hydrogen-bond donors (Lipinski definition) is 0. The van der Waals surface area contributed by atoms with Crippen molar-refractivity contribution in [2.45, 2.75) is 37.8 Å². The predicted molar refractivity (Wildman–Crippen MR) is 116 cm³/mol. The molecule has 0 bridgehead atoms. The van der Waals surface area contributed by atoms with Gasteiger partial charge < -0.3 is 0 Å². The lowest BCUT2D eigenvalue weighted by Crippen LogP contribution is -2.40. The Labute approximate surface area is 183 Å². The van der Waals surface area contributed by atoms with Crippen LogP contribution in [-0.4, -0.2) is 11.7 Å². The molecule has 32 heavy (non-hydrogen) atoms. The molecule has 0 spiro atoms. The maximum atomic E-state index is 13.3. The largest absolute Gasteiger partial charge is 0.416 e. The fraction of sp³-hybridized carbons (Fsp3) is 0.231. The highest BCUT2D eigenvalue weighted by Crippen LogP contribution is 2.45. The molecule has 1 amide bonds. The first-order valence-electron chi connectivity index (χ1n) is 10.6. The molecule has 5 rings (SSSR count). The van der Waals surface area contributed by atoms with Crippen LogP contribution in [0.2, 0.25) is 0 Å². The minimum absolute atomic E-state index is 0.0336. The Morgan fingerprint density at radius 2 is 1.62 bits per heavy atom. The van der Waals surface area contributed by atoms with E-state index in [2.05, 4.69) is 0 Å². The van der Waals surface area contributed by atoms with Gasteiger partial charge in [-0.15, -0.1) is 0 Å². The summed E-state index contributed by atoms with van der Waals surface area (Å²) in [5, 5.41) is 1.99. The molecule has 1 heterocycles. The molecule has 0 aromatic heterocycles. The monoisotopic (exact) mass is 435 g/mol. The van der Waals surface area contributed by atoms with Crippen LogP contribution in [0.4, 0.5) is 18.9 Å². The van der Waals surface area contributed by atoms with Crippen molar-refractivity contribution in [2.75, 3.05) is 4.90 Å². The highest BCUT2D eigenvalue weighted by Gasteiger charge is 2.41. The fourth-order valence-electron chi connectivity index (χ4n) is 4.93. The average Bonchev–Trinajstić information content (AvgIpc) is 2.78. The van der Waals surface area contributed by atoms with Crippen molar-refractivity contribution >= 4 is 28.2 Å². The Morgan fingerprint density at radius 3 is 2.44 bits per heavy atom. The van der Waals surface area contributed by atoms with E-state index in [0.717, 1.165) is 28.5 Å². The van der Waals surface area contributed by atoms with Crippen LogP contribution in [-0.2, 0) is 15.8 Å². The number of alkyl halides is 3. The van der Waals surface area contributed by atoms with Gasteiger partial charge in [0.15, 0.2) is 5.78 Å². The zero-order valence-corrected chi connectivity index (χ0v) is 17.2. The summed E-state index contributed by atoms with van der Waals surface area (Å²) in [7, 11) is 0. The van der Waals surface area contributed by atoms with Crippen LogP contribution >= 0.6 is 0 Å². The first kappa shape index (κ1) is 20.5. The van der Waals surface area contributed by atoms with Gasteiger partial charge in [-0.05, 0) is 47.4 Å². The number of amides is 1. The second-order valence-electron chi connectivity index (χ2n) is 8.24. The van der Waals surface area contributed by atoms with Crippen LogP contribution in [0.3, 0.4) is 0 Å². The maximum absolute atomic E-state index is 13.3. The summed E-state index contributed by atoms with van der Waals surface area (Å²) in [5.74, 6) is -0.734. The van der Waals surface area contributed by atoms with E-state index in [1.165, 1.54) is 17.0 Å². The smallest absolute Gasteiger partial charge is 0.294 e. The van der Waals surface area contributed by atoms with Gasteiger partial charge in [0.05, 0.1) is 5.56 Å². The zero-order valence-electron chi connectivity index (χ0n) is 17.2. The minimum atomic E-state index is -4.51. The van der Waals surface area contributed by atoms with Gasteiger partial charge in [-0.2, -0.15) is 13.2 Å². The lowest BCUT2D eigenvalue weighted by atomic mass is 9.76. The van der Waals surface area contributed by atoms with Crippen LogP contribution in [0.1, 0.15) is 42.7 Å². The summed E-state index contributed by atoms with van der Waals surface area (Å²) in [6, 6.07) is 18.4. The first-order valence-corrected chi connectivity index (χ1v) is 10.6. The second-order valence-corrected chi connectivity index (χ2v) is 8.24. The van der Waals surface area contributed by atoms with Crippen molar-refractivity contribution in [1.29, 1.82) is 0 Å². The van der Waals surface area contributed by atoms with Crippen molar-refractivity contribution in [3.8, 4) is 0 Å². The van der Waals surface area contributed by atoms with Crippen LogP contribution in [0.5, 0.6) is 0 Å². The molecule has 0 saturated carbocycles. The van der Waals surface area contributed by atoms with Gasteiger partial charge in [-0.25, -0.2) is 0 Å². The molecule has 1 atom stereocenters. The normalized spacial score (nSPS) is 19.5. The Hall–Kier alpha value is -3.41. The van der Waals surface area contributed by atoms with Gasteiger partial charge in [0.2, 0.25) is 5.91 Å². The average molecular weight is 435 g/mol. The van der Waals surface area contributed by atoms with E-state index in [4.69, 9.17) is 0 Å². The Morgan fingerprint density at radius 1 is 0.875 bits per heavy atom. The number of fused-ring (bicyclic) bond motifs is 1. The highest BCUT2D eigenvalue weighted by molar-refractivity contribution is 6.08. The molecular weight excluding hydrogens is 415 g/mol. The number of allylic oxidation sites excluding steroid dienone is 2. The molecular formula is C26H20F3NO2. The molecule has 2 aliphatic rings. The highest BCUT2D eigenvalue weighted by atomic mass is 19.4. The molecule has 0 N–H and O–H groups in total. The number of ketones is 1. The van der Waals surface area contributed by atoms with Crippen LogP contribution in [0.25, 0.3) is 10.8 Å². The van der Waals surface area contributed by atoms with E-state index < -0.39 is 17.7 Å². The molecule has 162 valence electrons. The lowest BCUT2D eigenvalue weighted by molar-refractivity contribution is -0.137. The topological polar surface area (TPSA) is 37.4 Å². The Kier molecular flexibility index (Phi) is 4.88. The third-order valence-electron chi connectivity index (χ3n) is 6.31. The van der Waals surface area contributed by atoms with Gasteiger partial charge in [0.25, 0.3) is 0 Å². The van der Waals surface area contributed by atoms with Gasteiger partial charge in [0.1, 0.15) is 0 Å². The number of benzene rings is 3. The van der Waals surface area contributed by atoms with Gasteiger partial charge in [-0.1, -0.05) is 48.5 Å². The number of rotatable bonds is 2. The van der Waals surface area contributed by atoms with Crippen molar-refractivity contribution in [3.63, 3.8) is 0 Å². The number of anilines is 1. The van der Waals surface area contributed by atoms with E-state index in [0.29, 0.717) is 30.5 Å². The van der Waals surface area contributed by atoms with Crippen molar-refractivity contribution in [2.24, 2.45) is 0 Å². The van der Waals surface area contributed by atoms with Crippen molar-refractivity contribution < 1.29 is 22.8 Å². The van der Waals surface area contributed by atoms with E-state index in [1.54, 1.807) is 0 Å². The molecule has 0 saturated heterocycles. The maximum Gasteiger partial charge on any atom is 0.416 e. The Balaban J connectivity index is 1.68. The standard InChI is InChI=1S/C26H20F3NO2/c27-26(28,29)17-8-4-9-18(14-17)30-22-12-5-13-23(31)25(22)21(15-24(30)32)20-11-3-7-16-6-1-2-10-19(16)20/h1-4,6-11,14,21H,5,12-13,15H2. The molecule has 6 heteroatoms. The quantitative estimate of drug-likeness (QED) is 0.468. The van der Waals surface area contributed by atoms with Crippen LogP contribution in [0.15, 0.2) is 78.0 Å². The molecule has 0 radical (unpaired) electrons. The number of carbonyl (C=O) groups excluding carboxylic acids is 2. The summed E-state index contributed by atoms with van der Waals surface area (Å²) in [5.41, 5.74) is 1.34. The fourth-order valence-corrected chi connectivity index (χ4v) is 4.93. The van der Waals surface area contributed by atoms with Crippen LogP contribution in [0, 0.1) is 0 Å². The van der Waals surface area contributed by atoms with E-state index >= 15 is 0 Å². The number of carbonyl (C=O) groups is 2. The third kappa shape index (κ3) is 3.40. The summed E-state index contributed by atoms with van der Waals surface area (Å²) in [6.07, 6.45) is -3.05. The molecule has 3 nitrogen and oxygen atoms in total. The van der Waals surface area contributed by atoms with E-state index in [-0.39, 0.29) is 23.8 Å². The predicted octanol–water partition coefficient (Wildman–Crippen LogP) is 6.39. The molecule has 3 aromatic rings. The SMILES string of the molecule is O=C1CCCC2=C1C(c1cccc3ccccc13)CC(=O)N2c1cccc(C(F)(F)F)c1. The summed E-state index contributed by atoms with van der Waals surface area (Å²) in [6.45, 7) is 0. The van der Waals surface area contributed by atoms with Crippen LogP contribution < -0.4 is 4.90 Å². The number of nitrogens with zero attached hydrogens (tertiary/aromatic N) is 1. The number of halogens is 3. The third-order valence-corrected chi connectivity index (χ3v) is 6.31. The number of hydrogen-bond acceptors (Lipinski definition) is 2. The lowest BCUT2D eigenvalue weighted by Gasteiger charge is -2.38. The summed E-state index contributed by atoms with van der Waals surface area (Å²) >= 11 is 0. The van der Waals surface area contributed by atoms with E-state index in [1.807, 2.05) is 42.5 Å². The second kappa shape index (κ2) is 7.62. The summed E-state index contributed by atoms with van der Waals surface area (Å²) < 4.78 is 39.9. The Bertz CT molecular complexity index is 1270. The van der Waals surface area contributed by atoms with Gasteiger partial charge >= 0.3 is 6.18 Å². The molecule has 3 aromatic carbocycles. The number of Topliss-reactive ketones (excluding diaryl/α,β-unsaturated/α-hetero) is 1. The first-order chi connectivity index (χ1) is 15.3. The minimum Gasteiger partial charge on any atom is -0.294 e.